The molecule has 2 atom stereocenters. The summed E-state index contributed by atoms with van der Waals surface area (Å²) in [6.45, 7) is 4.81. The minimum absolute atomic E-state index is 0.545. The van der Waals surface area contributed by atoms with Crippen molar-refractivity contribution >= 4 is 22.3 Å². The highest BCUT2D eigenvalue weighted by Crippen LogP contribution is 2.41. The molecule has 3 aliphatic rings. The molecule has 0 bridgehead atoms. The Morgan fingerprint density at radius 3 is 2.56 bits per heavy atom. The molecular weight excluding hydrogens is 336 g/mol. The van der Waals surface area contributed by atoms with E-state index >= 15 is 0 Å². The molecule has 0 N–H and O–H groups in total. The van der Waals surface area contributed by atoms with E-state index in [2.05, 4.69) is 36.0 Å². The first-order chi connectivity index (χ1) is 12.3. The monoisotopic (exact) mass is 358 g/mol. The lowest BCUT2D eigenvalue weighted by Gasteiger charge is -2.22. The molecule has 0 radical (unpaired) electrons. The van der Waals surface area contributed by atoms with Gasteiger partial charge in [0, 0.05) is 62.8 Å². The van der Waals surface area contributed by atoms with Crippen LogP contribution in [0.2, 0.25) is 0 Å². The predicted octanol–water partition coefficient (Wildman–Crippen LogP) is 1.92. The van der Waals surface area contributed by atoms with E-state index < -0.39 is 0 Å². The van der Waals surface area contributed by atoms with Crippen LogP contribution in [-0.2, 0) is 11.3 Å². The van der Waals surface area contributed by atoms with Gasteiger partial charge in [-0.15, -0.1) is 10.2 Å². The fourth-order valence-electron chi connectivity index (χ4n) is 4.03. The second-order valence-electron chi connectivity index (χ2n) is 7.32. The summed E-state index contributed by atoms with van der Waals surface area (Å²) < 4.78 is 5.14. The molecule has 0 spiro atoms. The Labute approximate surface area is 151 Å². The number of rotatable bonds is 5. The van der Waals surface area contributed by atoms with Gasteiger partial charge in [-0.05, 0) is 12.8 Å². The zero-order valence-corrected chi connectivity index (χ0v) is 15.2. The lowest BCUT2D eigenvalue weighted by molar-refractivity contribution is 0.184. The molecule has 0 aromatic carbocycles. The van der Waals surface area contributed by atoms with Gasteiger partial charge in [0.2, 0.25) is 5.13 Å². The molecule has 5 rings (SSSR count). The summed E-state index contributed by atoms with van der Waals surface area (Å²) in [7, 11) is 1.69. The van der Waals surface area contributed by atoms with E-state index in [4.69, 9.17) is 4.74 Å². The van der Waals surface area contributed by atoms with Crippen molar-refractivity contribution in [2.45, 2.75) is 25.4 Å². The minimum Gasteiger partial charge on any atom is -0.377 e. The Hall–Kier alpha value is -1.80. The Morgan fingerprint density at radius 2 is 1.84 bits per heavy atom. The zero-order valence-electron chi connectivity index (χ0n) is 14.3. The molecule has 2 unspecified atom stereocenters. The number of hydrogen-bond acceptors (Lipinski definition) is 8. The third kappa shape index (κ3) is 2.97. The Bertz CT molecular complexity index is 749. The molecule has 2 aromatic rings. The van der Waals surface area contributed by atoms with Gasteiger partial charge in [0.05, 0.1) is 0 Å². The fourth-order valence-corrected chi connectivity index (χ4v) is 4.86. The quantitative estimate of drug-likeness (QED) is 0.809. The summed E-state index contributed by atoms with van der Waals surface area (Å²) in [5.74, 6) is 3.14. The van der Waals surface area contributed by atoms with Gasteiger partial charge in [-0.2, -0.15) is 0 Å². The maximum atomic E-state index is 5.14. The van der Waals surface area contributed by atoms with E-state index in [1.54, 1.807) is 24.8 Å². The van der Waals surface area contributed by atoms with Crippen LogP contribution in [0, 0.1) is 11.8 Å². The van der Waals surface area contributed by atoms with Gasteiger partial charge in [-0.1, -0.05) is 11.3 Å². The second kappa shape index (κ2) is 6.17. The van der Waals surface area contributed by atoms with Gasteiger partial charge >= 0.3 is 0 Å². The smallest absolute Gasteiger partial charge is 0.208 e. The summed E-state index contributed by atoms with van der Waals surface area (Å²) in [5.41, 5.74) is 1.23. The van der Waals surface area contributed by atoms with Crippen LogP contribution in [0.15, 0.2) is 12.4 Å². The highest BCUT2D eigenvalue weighted by Gasteiger charge is 2.41. The molecular formula is C17H22N6OS. The largest absolute Gasteiger partial charge is 0.377 e. The lowest BCUT2D eigenvalue weighted by Crippen LogP contribution is -2.29. The van der Waals surface area contributed by atoms with Crippen LogP contribution in [0.1, 0.15) is 29.5 Å². The first-order valence-corrected chi connectivity index (χ1v) is 9.75. The molecule has 8 heteroatoms. The summed E-state index contributed by atoms with van der Waals surface area (Å²) in [6, 6.07) is 2.21. The summed E-state index contributed by atoms with van der Waals surface area (Å²) in [4.78, 5) is 13.8. The van der Waals surface area contributed by atoms with E-state index in [0.717, 1.165) is 42.1 Å². The van der Waals surface area contributed by atoms with Crippen molar-refractivity contribution in [1.82, 2.24) is 20.2 Å². The van der Waals surface area contributed by atoms with Gasteiger partial charge < -0.3 is 14.5 Å². The Kier molecular flexibility index (Phi) is 3.82. The molecule has 1 saturated carbocycles. The van der Waals surface area contributed by atoms with E-state index in [0.29, 0.717) is 24.4 Å². The van der Waals surface area contributed by atoms with Gasteiger partial charge in [0.15, 0.2) is 0 Å². The van der Waals surface area contributed by atoms with Crippen molar-refractivity contribution in [3.05, 3.63) is 23.1 Å². The van der Waals surface area contributed by atoms with Crippen LogP contribution in [0.25, 0.3) is 0 Å². The predicted molar refractivity (Wildman–Crippen MR) is 96.0 cm³/mol. The van der Waals surface area contributed by atoms with Crippen LogP contribution in [0.4, 0.5) is 10.9 Å². The average Bonchev–Trinajstić information content (AvgIpc) is 3.05. The van der Waals surface area contributed by atoms with Gasteiger partial charge in [0.1, 0.15) is 23.8 Å². The van der Waals surface area contributed by atoms with Crippen molar-refractivity contribution in [1.29, 1.82) is 0 Å². The molecule has 0 amide bonds. The average molecular weight is 358 g/mol. The van der Waals surface area contributed by atoms with E-state index in [9.17, 15) is 0 Å². The van der Waals surface area contributed by atoms with Gasteiger partial charge in [-0.3, -0.25) is 0 Å². The van der Waals surface area contributed by atoms with E-state index in [1.807, 2.05) is 0 Å². The summed E-state index contributed by atoms with van der Waals surface area (Å²) in [5, 5.41) is 10.5. The Balaban J connectivity index is 1.25. The highest BCUT2D eigenvalue weighted by atomic mass is 32.1. The van der Waals surface area contributed by atoms with Crippen molar-refractivity contribution in [3.63, 3.8) is 0 Å². The highest BCUT2D eigenvalue weighted by molar-refractivity contribution is 7.15. The maximum Gasteiger partial charge on any atom is 0.208 e. The number of aromatic nitrogens is 4. The molecule has 3 fully saturated rings. The normalized spacial score (nSPS) is 25.6. The van der Waals surface area contributed by atoms with Crippen molar-refractivity contribution in [3.8, 4) is 0 Å². The second-order valence-corrected chi connectivity index (χ2v) is 8.36. The molecule has 7 nitrogen and oxygen atoms in total. The third-order valence-electron chi connectivity index (χ3n) is 5.47. The number of anilines is 2. The number of nitrogens with zero attached hydrogens (tertiary/aromatic N) is 6. The summed E-state index contributed by atoms with van der Waals surface area (Å²) in [6.07, 6.45) is 4.30. The van der Waals surface area contributed by atoms with Crippen LogP contribution < -0.4 is 9.80 Å². The molecule has 2 saturated heterocycles. The number of ether oxygens (including phenoxy) is 1. The molecule has 132 valence electrons. The number of fused-ring (bicyclic) bond motifs is 1. The first kappa shape index (κ1) is 15.5. The van der Waals surface area contributed by atoms with Gasteiger partial charge in [-0.25, -0.2) is 9.97 Å². The standard InChI is InChI=1S/C17H22N6OS/c1-24-9-16-20-21-17(25-16)23-7-12-5-22(6-13(12)8-23)15-4-14(11-2-3-11)18-10-19-15/h4,10-13H,2-3,5-9H2,1H3. The third-order valence-corrected chi connectivity index (χ3v) is 6.43. The lowest BCUT2D eigenvalue weighted by atomic mass is 10.0. The fraction of sp³-hybridized carbons (Fsp3) is 0.647. The zero-order chi connectivity index (χ0) is 16.8. The molecule has 2 aliphatic heterocycles. The van der Waals surface area contributed by atoms with E-state index in [-0.39, 0.29) is 0 Å². The van der Waals surface area contributed by atoms with E-state index in [1.165, 1.54) is 18.5 Å². The molecule has 1 aliphatic carbocycles. The van der Waals surface area contributed by atoms with Crippen LogP contribution in [-0.4, -0.2) is 53.5 Å². The van der Waals surface area contributed by atoms with Crippen molar-refractivity contribution in [2.24, 2.45) is 11.8 Å². The number of hydrogen-bond donors (Lipinski definition) is 0. The Morgan fingerprint density at radius 1 is 1.08 bits per heavy atom. The van der Waals surface area contributed by atoms with Gasteiger partial charge in [0.25, 0.3) is 0 Å². The molecule has 25 heavy (non-hydrogen) atoms. The van der Waals surface area contributed by atoms with Crippen LogP contribution >= 0.6 is 11.3 Å². The SMILES string of the molecule is COCc1nnc(N2CC3CN(c4cc(C5CC5)ncn4)CC3C2)s1. The van der Waals surface area contributed by atoms with Crippen LogP contribution in [0.3, 0.4) is 0 Å². The minimum atomic E-state index is 0.545. The number of methoxy groups -OCH3 is 1. The summed E-state index contributed by atoms with van der Waals surface area (Å²) >= 11 is 1.65. The van der Waals surface area contributed by atoms with Crippen molar-refractivity contribution < 1.29 is 4.74 Å². The molecule has 2 aromatic heterocycles. The van der Waals surface area contributed by atoms with Crippen molar-refractivity contribution in [2.75, 3.05) is 43.1 Å². The maximum absolute atomic E-state index is 5.14. The topological polar surface area (TPSA) is 67.3 Å². The first-order valence-electron chi connectivity index (χ1n) is 8.93. The molecule has 4 heterocycles. The van der Waals surface area contributed by atoms with Crippen LogP contribution in [0.5, 0.6) is 0 Å².